The minimum atomic E-state index is -1.60. The number of carbonyl (C=O) groups is 5. The first-order valence-electron chi connectivity index (χ1n) is 23.8. The smallest absolute Gasteiger partial charge is 0.414 e. The molecular formula is C47H81N5O10. The van der Waals surface area contributed by atoms with E-state index in [4.69, 9.17) is 15.2 Å². The van der Waals surface area contributed by atoms with Crippen molar-refractivity contribution in [3.63, 3.8) is 0 Å². The Morgan fingerprint density at radius 3 is 1.81 bits per heavy atom. The van der Waals surface area contributed by atoms with Gasteiger partial charge in [0, 0.05) is 19.4 Å². The van der Waals surface area contributed by atoms with Crippen molar-refractivity contribution in [2.75, 3.05) is 19.7 Å². The van der Waals surface area contributed by atoms with Crippen LogP contribution in [-0.2, 0) is 35.3 Å². The van der Waals surface area contributed by atoms with Crippen LogP contribution in [0, 0.1) is 0 Å². The summed E-state index contributed by atoms with van der Waals surface area (Å²) in [5.74, 6) is -2.37. The van der Waals surface area contributed by atoms with Crippen molar-refractivity contribution in [2.24, 2.45) is 5.73 Å². The molecular weight excluding hydrogens is 795 g/mol. The number of unbranched alkanes of at least 4 members (excludes halogenated alkanes) is 19. The zero-order chi connectivity index (χ0) is 45.4. The highest BCUT2D eigenvalue weighted by Gasteiger charge is 2.48. The van der Waals surface area contributed by atoms with Gasteiger partial charge in [-0.2, -0.15) is 0 Å². The SMILES string of the molecule is CCCCCCCCCCCCCCN(C(=O)CCCCCCCCCCC)[C@@H]1O[C@H](CO)[C@@H](O)[C@H](O)[C@H]1NC(=O)CNC(=O)[C@@H](N)CCC(=O)NC(=O)OCc1ccccc1. The summed E-state index contributed by atoms with van der Waals surface area (Å²) in [5.41, 5.74) is 6.72. The Bertz CT molecular complexity index is 1390. The second-order valence-electron chi connectivity index (χ2n) is 16.8. The van der Waals surface area contributed by atoms with Crippen LogP contribution in [-0.4, -0.2) is 106 Å². The molecule has 1 aromatic carbocycles. The van der Waals surface area contributed by atoms with E-state index in [9.17, 15) is 39.3 Å². The summed E-state index contributed by atoms with van der Waals surface area (Å²) >= 11 is 0. The van der Waals surface area contributed by atoms with E-state index in [-0.39, 0.29) is 31.8 Å². The number of imide groups is 1. The lowest BCUT2D eigenvalue weighted by Crippen LogP contribution is -2.69. The third kappa shape index (κ3) is 23.2. The molecule has 0 aromatic heterocycles. The summed E-state index contributed by atoms with van der Waals surface area (Å²) in [4.78, 5) is 65.8. The maximum Gasteiger partial charge on any atom is 0.414 e. The molecule has 354 valence electrons. The minimum Gasteiger partial charge on any atom is -0.444 e. The Labute approximate surface area is 371 Å². The van der Waals surface area contributed by atoms with Crippen LogP contribution in [0.3, 0.4) is 0 Å². The van der Waals surface area contributed by atoms with Crippen LogP contribution in [0.2, 0.25) is 0 Å². The second kappa shape index (κ2) is 33.9. The van der Waals surface area contributed by atoms with Crippen molar-refractivity contribution in [3.8, 4) is 0 Å². The molecule has 0 bridgehead atoms. The topological polar surface area (TPSA) is 230 Å². The number of amides is 5. The van der Waals surface area contributed by atoms with Gasteiger partial charge >= 0.3 is 6.09 Å². The zero-order valence-corrected chi connectivity index (χ0v) is 37.9. The van der Waals surface area contributed by atoms with E-state index >= 15 is 0 Å². The molecule has 1 saturated heterocycles. The molecule has 15 heteroatoms. The number of hydrogen-bond donors (Lipinski definition) is 7. The zero-order valence-electron chi connectivity index (χ0n) is 37.9. The number of nitrogens with two attached hydrogens (primary N) is 1. The third-order valence-electron chi connectivity index (χ3n) is 11.5. The lowest BCUT2D eigenvalue weighted by molar-refractivity contribution is -0.231. The van der Waals surface area contributed by atoms with Crippen molar-refractivity contribution in [1.29, 1.82) is 0 Å². The molecule has 0 unspecified atom stereocenters. The van der Waals surface area contributed by atoms with E-state index in [1.54, 1.807) is 24.3 Å². The van der Waals surface area contributed by atoms with Gasteiger partial charge in [0.25, 0.3) is 0 Å². The first kappa shape index (κ1) is 54.5. The van der Waals surface area contributed by atoms with Gasteiger partial charge in [0.1, 0.15) is 31.0 Å². The van der Waals surface area contributed by atoms with Crippen LogP contribution < -0.4 is 21.7 Å². The monoisotopic (exact) mass is 876 g/mol. The Balaban J connectivity index is 1.97. The lowest BCUT2D eigenvalue weighted by atomic mass is 9.94. The van der Waals surface area contributed by atoms with Crippen molar-refractivity contribution >= 4 is 29.7 Å². The molecule has 0 aliphatic carbocycles. The van der Waals surface area contributed by atoms with E-state index < -0.39 is 73.6 Å². The molecule has 5 amide bonds. The van der Waals surface area contributed by atoms with Gasteiger partial charge in [-0.3, -0.25) is 24.5 Å². The van der Waals surface area contributed by atoms with E-state index in [0.29, 0.717) is 19.4 Å². The number of nitrogens with zero attached hydrogens (tertiary/aromatic N) is 1. The van der Waals surface area contributed by atoms with Crippen molar-refractivity contribution in [2.45, 2.75) is 211 Å². The number of hydrogen-bond acceptors (Lipinski definition) is 11. The summed E-state index contributed by atoms with van der Waals surface area (Å²) in [6.45, 7) is 3.52. The maximum atomic E-state index is 13.9. The molecule has 2 rings (SSSR count). The fraction of sp³-hybridized carbons (Fsp3) is 0.766. The number of carbonyl (C=O) groups excluding carboxylic acids is 5. The van der Waals surface area contributed by atoms with Gasteiger partial charge in [-0.25, -0.2) is 4.79 Å². The van der Waals surface area contributed by atoms with Crippen LogP contribution in [0.5, 0.6) is 0 Å². The summed E-state index contributed by atoms with van der Waals surface area (Å²) in [7, 11) is 0. The molecule has 1 fully saturated rings. The molecule has 0 saturated carbocycles. The molecule has 1 aromatic rings. The Morgan fingerprint density at radius 1 is 0.726 bits per heavy atom. The highest BCUT2D eigenvalue weighted by Crippen LogP contribution is 2.26. The van der Waals surface area contributed by atoms with Gasteiger partial charge in [-0.05, 0) is 24.8 Å². The van der Waals surface area contributed by atoms with Crippen molar-refractivity contribution in [3.05, 3.63) is 35.9 Å². The molecule has 0 radical (unpaired) electrons. The quantitative estimate of drug-likeness (QED) is 0.0395. The molecule has 8 N–H and O–H groups in total. The lowest BCUT2D eigenvalue weighted by Gasteiger charge is -2.47. The fourth-order valence-electron chi connectivity index (χ4n) is 7.66. The van der Waals surface area contributed by atoms with E-state index in [1.165, 1.54) is 88.4 Å². The van der Waals surface area contributed by atoms with Gasteiger partial charge in [-0.1, -0.05) is 166 Å². The largest absolute Gasteiger partial charge is 0.444 e. The Morgan fingerprint density at radius 2 is 1.26 bits per heavy atom. The fourth-order valence-corrected chi connectivity index (χ4v) is 7.66. The molecule has 1 aliphatic heterocycles. The average Bonchev–Trinajstić information content (AvgIpc) is 3.27. The van der Waals surface area contributed by atoms with Crippen LogP contribution in [0.25, 0.3) is 0 Å². The minimum absolute atomic E-state index is 0.0250. The maximum absolute atomic E-state index is 13.9. The Hall–Kier alpha value is -3.63. The van der Waals surface area contributed by atoms with Gasteiger partial charge in [0.2, 0.25) is 23.6 Å². The number of ether oxygens (including phenoxy) is 2. The Kier molecular flexibility index (Phi) is 29.8. The molecule has 0 spiro atoms. The normalized spacial score (nSPS) is 19.0. The molecule has 62 heavy (non-hydrogen) atoms. The van der Waals surface area contributed by atoms with Crippen LogP contribution >= 0.6 is 0 Å². The predicted octanol–water partition coefficient (Wildman–Crippen LogP) is 6.04. The highest BCUT2D eigenvalue weighted by atomic mass is 16.6. The van der Waals surface area contributed by atoms with Gasteiger partial charge in [0.15, 0.2) is 6.23 Å². The van der Waals surface area contributed by atoms with Gasteiger partial charge in [-0.15, -0.1) is 0 Å². The van der Waals surface area contributed by atoms with Gasteiger partial charge in [0.05, 0.1) is 19.2 Å². The number of aliphatic hydroxyl groups excluding tert-OH is 3. The van der Waals surface area contributed by atoms with Crippen LogP contribution in [0.4, 0.5) is 4.79 Å². The summed E-state index contributed by atoms with van der Waals surface area (Å²) < 4.78 is 11.1. The standard InChI is InChI=1S/C47H81N5O10/c1-3-5-7-9-11-13-14-15-17-19-21-26-32-52(41(56)29-25-20-18-16-12-10-8-6-4-2)46-42(44(58)43(57)38(34-53)62-46)50-40(55)33-49-45(59)37(48)30-31-39(54)51-47(60)61-35-36-27-23-22-24-28-36/h22-24,27-28,37-38,42-44,46,53,57-58H,3-21,25-26,29-35,48H2,1-2H3,(H,49,59)(H,50,55)(H,51,54,60)/t37-,38+,42+,43+,44+,46+/m0/s1. The molecule has 1 aliphatic rings. The number of benzene rings is 1. The van der Waals surface area contributed by atoms with Crippen molar-refractivity contribution in [1.82, 2.24) is 20.9 Å². The summed E-state index contributed by atoms with van der Waals surface area (Å²) in [6.07, 6.45) is 16.9. The first-order valence-corrected chi connectivity index (χ1v) is 23.8. The van der Waals surface area contributed by atoms with E-state index in [1.807, 2.05) is 6.07 Å². The number of aliphatic hydroxyl groups is 3. The van der Waals surface area contributed by atoms with Crippen LogP contribution in [0.1, 0.15) is 174 Å². The molecule has 15 nitrogen and oxygen atoms in total. The van der Waals surface area contributed by atoms with Crippen molar-refractivity contribution < 1.29 is 48.8 Å². The summed E-state index contributed by atoms with van der Waals surface area (Å²) in [6, 6.07) is 6.46. The van der Waals surface area contributed by atoms with Gasteiger partial charge < -0.3 is 46.1 Å². The molecule has 6 atom stereocenters. The predicted molar refractivity (Wildman–Crippen MR) is 239 cm³/mol. The second-order valence-corrected chi connectivity index (χ2v) is 16.8. The van der Waals surface area contributed by atoms with E-state index in [2.05, 4.69) is 29.8 Å². The number of nitrogens with one attached hydrogen (secondary N) is 3. The first-order chi connectivity index (χ1) is 30.0. The number of alkyl carbamates (subject to hydrolysis) is 1. The number of rotatable bonds is 34. The van der Waals surface area contributed by atoms with Crippen LogP contribution in [0.15, 0.2) is 30.3 Å². The molecule has 1 heterocycles. The average molecular weight is 876 g/mol. The third-order valence-corrected chi connectivity index (χ3v) is 11.5. The van der Waals surface area contributed by atoms with E-state index in [0.717, 1.165) is 44.1 Å². The highest BCUT2D eigenvalue weighted by molar-refractivity contribution is 5.92. The summed E-state index contributed by atoms with van der Waals surface area (Å²) in [5, 5.41) is 39.3.